The third kappa shape index (κ3) is 8.63. The predicted molar refractivity (Wildman–Crippen MR) is 81.3 cm³/mol. The smallest absolute Gasteiger partial charge is 0.401 e. The molecule has 0 aromatic rings. The number of nitrogens with one attached hydrogen (secondary N) is 2. The second-order valence-electron chi connectivity index (χ2n) is 5.51. The fraction of sp³-hybridized carbons (Fsp3) is 0.857. The molecule has 1 saturated heterocycles. The number of unbranched alkanes of at least 4 members (excludes halogenated alkanes) is 1. The van der Waals surface area contributed by atoms with Crippen molar-refractivity contribution in [2.45, 2.75) is 37.9 Å². The number of methoxy groups -OCH3 is 1. The van der Waals surface area contributed by atoms with Crippen molar-refractivity contribution >= 4 is 11.9 Å². The van der Waals surface area contributed by atoms with E-state index in [-0.39, 0.29) is 12.0 Å². The molecular weight excluding hydrogens is 313 g/mol. The van der Waals surface area contributed by atoms with Gasteiger partial charge in [0.1, 0.15) is 0 Å². The van der Waals surface area contributed by atoms with Crippen molar-refractivity contribution in [2.75, 3.05) is 40.3 Å². The van der Waals surface area contributed by atoms with Gasteiger partial charge in [-0.25, -0.2) is 0 Å². The highest BCUT2D eigenvalue weighted by Crippen LogP contribution is 2.19. The van der Waals surface area contributed by atoms with E-state index in [0.29, 0.717) is 44.9 Å². The van der Waals surface area contributed by atoms with E-state index in [1.165, 1.54) is 12.0 Å². The SMILES string of the molecule is CN=C(NCCCCC(=O)OC)NC1CCN(CC(F)(F)F)C1. The standard InChI is InChI=1S/C14H25F3N4O2/c1-18-13(19-7-4-3-5-12(22)23-2)20-11-6-8-21(9-11)10-14(15,16)17/h11H,3-10H2,1-2H3,(H2,18,19,20). The van der Waals surface area contributed by atoms with Gasteiger partial charge in [0.05, 0.1) is 13.7 Å². The van der Waals surface area contributed by atoms with Crippen molar-refractivity contribution in [1.82, 2.24) is 15.5 Å². The van der Waals surface area contributed by atoms with E-state index in [1.54, 1.807) is 7.05 Å². The average Bonchev–Trinajstić information content (AvgIpc) is 2.90. The van der Waals surface area contributed by atoms with E-state index < -0.39 is 12.7 Å². The number of guanidine groups is 1. The summed E-state index contributed by atoms with van der Waals surface area (Å²) in [5.41, 5.74) is 0. The van der Waals surface area contributed by atoms with Crippen LogP contribution in [0.1, 0.15) is 25.7 Å². The van der Waals surface area contributed by atoms with E-state index in [2.05, 4.69) is 20.4 Å². The van der Waals surface area contributed by atoms with Crippen LogP contribution in [0.2, 0.25) is 0 Å². The monoisotopic (exact) mass is 338 g/mol. The zero-order valence-corrected chi connectivity index (χ0v) is 13.6. The van der Waals surface area contributed by atoms with Crippen LogP contribution >= 0.6 is 0 Å². The fourth-order valence-corrected chi connectivity index (χ4v) is 2.44. The van der Waals surface area contributed by atoms with Crippen LogP contribution in [0.5, 0.6) is 0 Å². The number of aliphatic imine (C=N–C) groups is 1. The van der Waals surface area contributed by atoms with Crippen molar-refractivity contribution in [3.05, 3.63) is 0 Å². The zero-order valence-electron chi connectivity index (χ0n) is 13.6. The lowest BCUT2D eigenvalue weighted by Crippen LogP contribution is -2.45. The molecule has 2 N–H and O–H groups in total. The van der Waals surface area contributed by atoms with Gasteiger partial charge in [-0.05, 0) is 19.3 Å². The summed E-state index contributed by atoms with van der Waals surface area (Å²) in [4.78, 5) is 16.4. The Balaban J connectivity index is 2.20. The lowest BCUT2D eigenvalue weighted by atomic mass is 10.2. The van der Waals surface area contributed by atoms with Crippen molar-refractivity contribution in [2.24, 2.45) is 4.99 Å². The Morgan fingerprint density at radius 2 is 2.13 bits per heavy atom. The van der Waals surface area contributed by atoms with Gasteiger partial charge in [0, 0.05) is 39.1 Å². The molecule has 0 aliphatic carbocycles. The highest BCUT2D eigenvalue weighted by molar-refractivity contribution is 5.80. The molecule has 0 aromatic heterocycles. The molecule has 1 unspecified atom stereocenters. The molecule has 134 valence electrons. The first-order valence-electron chi connectivity index (χ1n) is 7.67. The first-order valence-corrected chi connectivity index (χ1v) is 7.67. The number of alkyl halides is 3. The minimum absolute atomic E-state index is 0.0429. The number of carbonyl (C=O) groups excluding carboxylic acids is 1. The molecule has 23 heavy (non-hydrogen) atoms. The highest BCUT2D eigenvalue weighted by atomic mass is 19.4. The van der Waals surface area contributed by atoms with Crippen LogP contribution in [0, 0.1) is 0 Å². The van der Waals surface area contributed by atoms with Gasteiger partial charge in [-0.2, -0.15) is 13.2 Å². The Morgan fingerprint density at radius 3 is 2.74 bits per heavy atom. The summed E-state index contributed by atoms with van der Waals surface area (Å²) in [5, 5.41) is 6.23. The third-order valence-electron chi connectivity index (χ3n) is 3.57. The Morgan fingerprint density at radius 1 is 1.39 bits per heavy atom. The Bertz CT molecular complexity index is 402. The molecule has 1 fully saturated rings. The molecule has 1 heterocycles. The summed E-state index contributed by atoms with van der Waals surface area (Å²) in [6.07, 6.45) is -1.65. The molecule has 9 heteroatoms. The van der Waals surface area contributed by atoms with Gasteiger partial charge < -0.3 is 15.4 Å². The van der Waals surface area contributed by atoms with Gasteiger partial charge in [0.25, 0.3) is 0 Å². The van der Waals surface area contributed by atoms with Crippen molar-refractivity contribution in [3.63, 3.8) is 0 Å². The van der Waals surface area contributed by atoms with E-state index >= 15 is 0 Å². The summed E-state index contributed by atoms with van der Waals surface area (Å²) in [5.74, 6) is 0.338. The summed E-state index contributed by atoms with van der Waals surface area (Å²) in [6, 6.07) is -0.0429. The van der Waals surface area contributed by atoms with Crippen molar-refractivity contribution in [3.8, 4) is 0 Å². The molecule has 0 spiro atoms. The maximum atomic E-state index is 12.4. The molecule has 0 saturated carbocycles. The topological polar surface area (TPSA) is 66.0 Å². The molecule has 6 nitrogen and oxygen atoms in total. The van der Waals surface area contributed by atoms with Crippen LogP contribution in [0.3, 0.4) is 0 Å². The van der Waals surface area contributed by atoms with Crippen LogP contribution < -0.4 is 10.6 Å². The van der Waals surface area contributed by atoms with Crippen LogP contribution in [-0.2, 0) is 9.53 Å². The molecule has 1 rings (SSSR count). The number of nitrogens with zero attached hydrogens (tertiary/aromatic N) is 2. The summed E-state index contributed by atoms with van der Waals surface area (Å²) in [6.45, 7) is 0.538. The summed E-state index contributed by atoms with van der Waals surface area (Å²) < 4.78 is 41.6. The molecule has 1 atom stereocenters. The van der Waals surface area contributed by atoms with Gasteiger partial charge >= 0.3 is 12.1 Å². The maximum Gasteiger partial charge on any atom is 0.401 e. The maximum absolute atomic E-state index is 12.4. The molecule has 0 amide bonds. The molecule has 1 aliphatic rings. The number of hydrogen-bond acceptors (Lipinski definition) is 4. The molecular formula is C14H25F3N4O2. The van der Waals surface area contributed by atoms with Gasteiger partial charge in [0.15, 0.2) is 5.96 Å². The highest BCUT2D eigenvalue weighted by Gasteiger charge is 2.34. The minimum Gasteiger partial charge on any atom is -0.469 e. The van der Waals surface area contributed by atoms with E-state index in [9.17, 15) is 18.0 Å². The van der Waals surface area contributed by atoms with Crippen LogP contribution in [-0.4, -0.2) is 69.4 Å². The average molecular weight is 338 g/mol. The van der Waals surface area contributed by atoms with Gasteiger partial charge in [0.2, 0.25) is 0 Å². The molecule has 1 aliphatic heterocycles. The molecule has 0 aromatic carbocycles. The number of ether oxygens (including phenoxy) is 1. The number of halogens is 3. The van der Waals surface area contributed by atoms with Gasteiger partial charge in [-0.1, -0.05) is 0 Å². The Kier molecular flexibility index (Phi) is 8.15. The van der Waals surface area contributed by atoms with Crippen molar-refractivity contribution < 1.29 is 22.7 Å². The minimum atomic E-state index is -4.16. The third-order valence-corrected chi connectivity index (χ3v) is 3.57. The normalized spacial score (nSPS) is 19.7. The molecule has 0 bridgehead atoms. The fourth-order valence-electron chi connectivity index (χ4n) is 2.44. The number of carbonyl (C=O) groups is 1. The lowest BCUT2D eigenvalue weighted by Gasteiger charge is -2.19. The second-order valence-corrected chi connectivity index (χ2v) is 5.51. The zero-order chi connectivity index (χ0) is 17.3. The van der Waals surface area contributed by atoms with Crippen LogP contribution in [0.25, 0.3) is 0 Å². The predicted octanol–water partition coefficient (Wildman–Crippen LogP) is 1.13. The first kappa shape index (κ1) is 19.5. The van der Waals surface area contributed by atoms with E-state index in [0.717, 1.165) is 6.42 Å². The number of hydrogen-bond donors (Lipinski definition) is 2. The van der Waals surface area contributed by atoms with Crippen LogP contribution in [0.15, 0.2) is 4.99 Å². The number of rotatable bonds is 7. The van der Waals surface area contributed by atoms with Gasteiger partial charge in [-0.3, -0.25) is 14.7 Å². The van der Waals surface area contributed by atoms with E-state index in [1.807, 2.05) is 0 Å². The lowest BCUT2D eigenvalue weighted by molar-refractivity contribution is -0.143. The Labute approximate surface area is 134 Å². The van der Waals surface area contributed by atoms with Gasteiger partial charge in [-0.15, -0.1) is 0 Å². The number of likely N-dealkylation sites (tertiary alicyclic amines) is 1. The van der Waals surface area contributed by atoms with E-state index in [4.69, 9.17) is 0 Å². The van der Waals surface area contributed by atoms with Crippen LogP contribution in [0.4, 0.5) is 13.2 Å². The molecule has 0 radical (unpaired) electrons. The Hall–Kier alpha value is -1.51. The van der Waals surface area contributed by atoms with Crippen molar-refractivity contribution in [1.29, 1.82) is 0 Å². The quantitative estimate of drug-likeness (QED) is 0.315. The summed E-state index contributed by atoms with van der Waals surface area (Å²) in [7, 11) is 2.97. The first-order chi connectivity index (χ1) is 10.8. The second kappa shape index (κ2) is 9.59. The summed E-state index contributed by atoms with van der Waals surface area (Å²) >= 11 is 0. The largest absolute Gasteiger partial charge is 0.469 e. The number of esters is 1.